The number of benzene rings is 1. The summed E-state index contributed by atoms with van der Waals surface area (Å²) in [5.41, 5.74) is 2.19. The van der Waals surface area contributed by atoms with Crippen LogP contribution in [0.25, 0.3) is 0 Å². The number of thiocarbonyl (C=S) groups is 1. The van der Waals surface area contributed by atoms with E-state index in [1.165, 1.54) is 5.56 Å². The van der Waals surface area contributed by atoms with Crippen LogP contribution in [0.5, 0.6) is 0 Å². The van der Waals surface area contributed by atoms with Gasteiger partial charge in [-0.25, -0.2) is 0 Å². The average Bonchev–Trinajstić information content (AvgIpc) is 2.39. The number of hydrogen-bond acceptors (Lipinski definition) is 3. The molecule has 18 heavy (non-hydrogen) atoms. The van der Waals surface area contributed by atoms with Crippen molar-refractivity contribution in [3.05, 3.63) is 29.8 Å². The first-order chi connectivity index (χ1) is 8.71. The van der Waals surface area contributed by atoms with E-state index < -0.39 is 0 Å². The lowest BCUT2D eigenvalue weighted by atomic mass is 10.1. The second kappa shape index (κ2) is 8.02. The van der Waals surface area contributed by atoms with Crippen molar-refractivity contribution < 1.29 is 10.2 Å². The molecule has 0 fully saturated rings. The van der Waals surface area contributed by atoms with E-state index in [9.17, 15) is 0 Å². The Labute approximate surface area is 113 Å². The molecule has 0 aromatic heterocycles. The fraction of sp³-hybridized carbons (Fsp3) is 0.462. The zero-order valence-electron chi connectivity index (χ0n) is 10.6. The highest BCUT2D eigenvalue weighted by molar-refractivity contribution is 7.80. The van der Waals surface area contributed by atoms with E-state index in [0.29, 0.717) is 18.2 Å². The lowest BCUT2D eigenvalue weighted by Crippen LogP contribution is -2.38. The molecular formula is C13H20N2O2S. The van der Waals surface area contributed by atoms with Gasteiger partial charge in [0.05, 0.1) is 13.2 Å². The predicted molar refractivity (Wildman–Crippen MR) is 77.8 cm³/mol. The van der Waals surface area contributed by atoms with Crippen LogP contribution in [0, 0.1) is 0 Å². The van der Waals surface area contributed by atoms with Gasteiger partial charge in [0.25, 0.3) is 0 Å². The Morgan fingerprint density at radius 1 is 1.17 bits per heavy atom. The quantitative estimate of drug-likeness (QED) is 0.678. The van der Waals surface area contributed by atoms with Crippen LogP contribution in [0.3, 0.4) is 0 Å². The van der Waals surface area contributed by atoms with E-state index in [2.05, 4.69) is 12.2 Å². The second-order valence-corrected chi connectivity index (χ2v) is 4.30. The highest BCUT2D eigenvalue weighted by Crippen LogP contribution is 2.10. The molecule has 5 heteroatoms. The van der Waals surface area contributed by atoms with Crippen LogP contribution >= 0.6 is 12.2 Å². The van der Waals surface area contributed by atoms with E-state index >= 15 is 0 Å². The van der Waals surface area contributed by atoms with Crippen molar-refractivity contribution in [1.29, 1.82) is 0 Å². The molecule has 0 aliphatic heterocycles. The normalized spacial score (nSPS) is 10.2. The third kappa shape index (κ3) is 4.60. The van der Waals surface area contributed by atoms with Crippen LogP contribution in [0.15, 0.2) is 24.3 Å². The minimum atomic E-state index is 0.0105. The van der Waals surface area contributed by atoms with Crippen LogP contribution in [0.2, 0.25) is 0 Å². The first-order valence-corrected chi connectivity index (χ1v) is 6.48. The Kier molecular flexibility index (Phi) is 6.64. The molecule has 1 rings (SSSR count). The van der Waals surface area contributed by atoms with Crippen LogP contribution in [-0.4, -0.2) is 46.5 Å². The Morgan fingerprint density at radius 2 is 1.72 bits per heavy atom. The van der Waals surface area contributed by atoms with Gasteiger partial charge in [0, 0.05) is 18.8 Å². The highest BCUT2D eigenvalue weighted by Gasteiger charge is 2.08. The third-order valence-corrected chi connectivity index (χ3v) is 3.00. The maximum atomic E-state index is 8.94. The molecule has 1 aromatic carbocycles. The number of nitrogens with one attached hydrogen (secondary N) is 1. The summed E-state index contributed by atoms with van der Waals surface area (Å²) in [5, 5.41) is 21.5. The molecule has 0 unspecified atom stereocenters. The Bertz CT molecular complexity index is 362. The van der Waals surface area contributed by atoms with Gasteiger partial charge in [-0.05, 0) is 36.3 Å². The van der Waals surface area contributed by atoms with Crippen molar-refractivity contribution in [1.82, 2.24) is 4.90 Å². The molecular weight excluding hydrogens is 248 g/mol. The summed E-state index contributed by atoms with van der Waals surface area (Å²) in [4.78, 5) is 1.74. The third-order valence-electron chi connectivity index (χ3n) is 2.64. The monoisotopic (exact) mass is 268 g/mol. The van der Waals surface area contributed by atoms with Gasteiger partial charge in [0.2, 0.25) is 0 Å². The zero-order chi connectivity index (χ0) is 13.4. The number of aliphatic hydroxyl groups excluding tert-OH is 2. The van der Waals surface area contributed by atoms with Gasteiger partial charge < -0.3 is 20.4 Å². The van der Waals surface area contributed by atoms with E-state index in [0.717, 1.165) is 12.1 Å². The van der Waals surface area contributed by atoms with Crippen molar-refractivity contribution in [2.24, 2.45) is 0 Å². The smallest absolute Gasteiger partial charge is 0.173 e. The summed E-state index contributed by atoms with van der Waals surface area (Å²) in [5.74, 6) is 0. The molecule has 0 amide bonds. The van der Waals surface area contributed by atoms with Gasteiger partial charge in [-0.2, -0.15) is 0 Å². The molecule has 0 radical (unpaired) electrons. The van der Waals surface area contributed by atoms with Crippen molar-refractivity contribution in [2.75, 3.05) is 31.6 Å². The molecule has 4 nitrogen and oxygen atoms in total. The number of nitrogens with zero attached hydrogens (tertiary/aromatic N) is 1. The van der Waals surface area contributed by atoms with E-state index in [1.54, 1.807) is 4.90 Å². The highest BCUT2D eigenvalue weighted by atomic mass is 32.1. The van der Waals surface area contributed by atoms with Crippen LogP contribution in [-0.2, 0) is 6.42 Å². The molecule has 1 aromatic rings. The van der Waals surface area contributed by atoms with Gasteiger partial charge in [-0.1, -0.05) is 19.1 Å². The van der Waals surface area contributed by atoms with E-state index in [1.807, 2.05) is 24.3 Å². The molecule has 0 aliphatic rings. The molecule has 0 aliphatic carbocycles. The average molecular weight is 268 g/mol. The molecule has 0 spiro atoms. The summed E-state index contributed by atoms with van der Waals surface area (Å²) < 4.78 is 0. The SMILES string of the molecule is CCc1ccc(NC(=S)N(CCO)CCO)cc1. The summed E-state index contributed by atoms with van der Waals surface area (Å²) in [7, 11) is 0. The second-order valence-electron chi connectivity index (χ2n) is 3.91. The molecule has 0 saturated carbocycles. The van der Waals surface area contributed by atoms with Crippen molar-refractivity contribution >= 4 is 23.0 Å². The Morgan fingerprint density at radius 3 is 2.17 bits per heavy atom. The lowest BCUT2D eigenvalue weighted by Gasteiger charge is -2.24. The van der Waals surface area contributed by atoms with Gasteiger partial charge in [0.15, 0.2) is 5.11 Å². The van der Waals surface area contributed by atoms with Gasteiger partial charge >= 0.3 is 0 Å². The van der Waals surface area contributed by atoms with Crippen LogP contribution in [0.1, 0.15) is 12.5 Å². The largest absolute Gasteiger partial charge is 0.395 e. The predicted octanol–water partition coefficient (Wildman–Crippen LogP) is 1.23. The molecule has 0 bridgehead atoms. The number of anilines is 1. The molecule has 0 atom stereocenters. The van der Waals surface area contributed by atoms with Crippen molar-refractivity contribution in [3.63, 3.8) is 0 Å². The van der Waals surface area contributed by atoms with Gasteiger partial charge in [-0.15, -0.1) is 0 Å². The standard InChI is InChI=1S/C13H20N2O2S/c1-2-11-3-5-12(6-4-11)14-13(18)15(7-9-16)8-10-17/h3-6,16-17H,2,7-10H2,1H3,(H,14,18). The molecule has 0 heterocycles. The maximum absolute atomic E-state index is 8.94. The molecule has 3 N–H and O–H groups in total. The van der Waals surface area contributed by atoms with Gasteiger partial charge in [0.1, 0.15) is 0 Å². The van der Waals surface area contributed by atoms with Crippen LogP contribution in [0.4, 0.5) is 5.69 Å². The van der Waals surface area contributed by atoms with Crippen molar-refractivity contribution in [2.45, 2.75) is 13.3 Å². The van der Waals surface area contributed by atoms with E-state index in [-0.39, 0.29) is 13.2 Å². The maximum Gasteiger partial charge on any atom is 0.173 e. The first kappa shape index (κ1) is 14.9. The van der Waals surface area contributed by atoms with Crippen molar-refractivity contribution in [3.8, 4) is 0 Å². The molecule has 100 valence electrons. The number of aliphatic hydroxyl groups is 2. The number of hydrogen-bond donors (Lipinski definition) is 3. The first-order valence-electron chi connectivity index (χ1n) is 6.07. The number of rotatable bonds is 6. The zero-order valence-corrected chi connectivity index (χ0v) is 11.4. The van der Waals surface area contributed by atoms with Gasteiger partial charge in [-0.3, -0.25) is 0 Å². The minimum absolute atomic E-state index is 0.0105. The fourth-order valence-electron chi connectivity index (χ4n) is 1.58. The minimum Gasteiger partial charge on any atom is -0.395 e. The summed E-state index contributed by atoms with van der Waals surface area (Å²) in [6.07, 6.45) is 1.01. The lowest BCUT2D eigenvalue weighted by molar-refractivity contribution is 0.214. The summed E-state index contributed by atoms with van der Waals surface area (Å²) in [6, 6.07) is 8.04. The van der Waals surface area contributed by atoms with E-state index in [4.69, 9.17) is 22.4 Å². The molecule has 0 saturated heterocycles. The summed E-state index contributed by atoms with van der Waals surface area (Å²) >= 11 is 5.24. The fourth-order valence-corrected chi connectivity index (χ4v) is 1.88. The Hall–Kier alpha value is -1.17. The topological polar surface area (TPSA) is 55.7 Å². The summed E-state index contributed by atoms with van der Waals surface area (Å²) in [6.45, 7) is 2.96. The Balaban J connectivity index is 2.60. The van der Waals surface area contributed by atoms with Crippen LogP contribution < -0.4 is 5.32 Å². The number of aryl methyl sites for hydroxylation is 1.